The largest absolute Gasteiger partial charge is 0.482 e. The van der Waals surface area contributed by atoms with Crippen LogP contribution in [0.2, 0.25) is 0 Å². The van der Waals surface area contributed by atoms with E-state index in [1.54, 1.807) is 48.3 Å². The van der Waals surface area contributed by atoms with Gasteiger partial charge in [0.05, 0.1) is 24.1 Å². The van der Waals surface area contributed by atoms with Gasteiger partial charge in [0.25, 0.3) is 0 Å². The Hall–Kier alpha value is -3.34. The van der Waals surface area contributed by atoms with Gasteiger partial charge in [-0.1, -0.05) is 18.2 Å². The number of aliphatic hydroxyl groups is 1. The molecule has 1 aromatic heterocycles. The Morgan fingerprint density at radius 2 is 2.09 bits per heavy atom. The number of hydrogen-bond donors (Lipinski definition) is 3. The lowest BCUT2D eigenvalue weighted by Gasteiger charge is -2.32. The number of amides is 1. The Balaban J connectivity index is 0.00000342. The number of nitrogens with zero attached hydrogens (tertiary/aromatic N) is 2. The van der Waals surface area contributed by atoms with Gasteiger partial charge in [0.15, 0.2) is 12.2 Å². The molecule has 2 atom stereocenters. The van der Waals surface area contributed by atoms with Crippen molar-refractivity contribution in [3.8, 4) is 5.75 Å². The van der Waals surface area contributed by atoms with Crippen molar-refractivity contribution < 1.29 is 29.0 Å². The molecule has 0 radical (unpaired) electrons. The topological polar surface area (TPSA) is 136 Å². The monoisotopic (exact) mass is 505 g/mol. The molecule has 2 aromatic carbocycles. The van der Waals surface area contributed by atoms with Crippen molar-refractivity contribution in [3.05, 3.63) is 64.1 Å². The first-order valence-corrected chi connectivity index (χ1v) is 11.0. The van der Waals surface area contributed by atoms with E-state index in [4.69, 9.17) is 14.3 Å². The summed E-state index contributed by atoms with van der Waals surface area (Å²) < 4.78 is 10.3. The minimum Gasteiger partial charge on any atom is -0.482 e. The molecule has 0 bridgehead atoms. The minimum atomic E-state index is -1.07. The molecule has 11 heteroatoms. The van der Waals surface area contributed by atoms with Crippen molar-refractivity contribution >= 4 is 35.4 Å². The zero-order valence-electron chi connectivity index (χ0n) is 19.2. The van der Waals surface area contributed by atoms with Gasteiger partial charge in [0.2, 0.25) is 5.91 Å². The predicted molar refractivity (Wildman–Crippen MR) is 130 cm³/mol. The summed E-state index contributed by atoms with van der Waals surface area (Å²) in [7, 11) is 1.72. The third kappa shape index (κ3) is 6.62. The predicted octanol–water partition coefficient (Wildman–Crippen LogP) is 1.82. The summed E-state index contributed by atoms with van der Waals surface area (Å²) in [5.74, 6) is -1.35. The standard InChI is InChI=1S/C24H27N3O7.ClH/c1-26(22(29)10-15-5-6-21-19(9-15)25-24(32)34-21)20(13-27-8-7-17(28)12-27)16-3-2-4-18(11-16)33-14-23(30)31;/h2-6,9,11,17,20,28H,7-8,10,12-14H2,1H3,(H,25,32)(H,30,31);1H/t17-,20+;/m0./s1. The van der Waals surface area contributed by atoms with E-state index in [2.05, 4.69) is 9.88 Å². The average Bonchev–Trinajstić information content (AvgIpc) is 3.39. The first-order chi connectivity index (χ1) is 16.3. The molecule has 35 heavy (non-hydrogen) atoms. The van der Waals surface area contributed by atoms with E-state index >= 15 is 0 Å². The zero-order chi connectivity index (χ0) is 24.2. The highest BCUT2D eigenvalue weighted by molar-refractivity contribution is 5.85. The van der Waals surface area contributed by atoms with Crippen LogP contribution in [0.15, 0.2) is 51.7 Å². The van der Waals surface area contributed by atoms with Crippen LogP contribution in [0.4, 0.5) is 0 Å². The van der Waals surface area contributed by atoms with Crippen LogP contribution in [0.5, 0.6) is 5.75 Å². The van der Waals surface area contributed by atoms with Crippen LogP contribution in [0.1, 0.15) is 23.6 Å². The van der Waals surface area contributed by atoms with E-state index in [9.17, 15) is 19.5 Å². The number of carbonyl (C=O) groups is 2. The van der Waals surface area contributed by atoms with Crippen molar-refractivity contribution in [2.24, 2.45) is 0 Å². The highest BCUT2D eigenvalue weighted by atomic mass is 35.5. The molecule has 10 nitrogen and oxygen atoms in total. The number of carboxylic acid groups (broad SMARTS) is 1. The quantitative estimate of drug-likeness (QED) is 0.400. The molecule has 0 aliphatic carbocycles. The molecular formula is C24H28ClN3O7. The summed E-state index contributed by atoms with van der Waals surface area (Å²) in [5.41, 5.74) is 2.49. The number of fused-ring (bicyclic) bond motifs is 1. The Kier molecular flexibility index (Phi) is 8.55. The van der Waals surface area contributed by atoms with Crippen LogP contribution in [0.3, 0.4) is 0 Å². The van der Waals surface area contributed by atoms with Crippen molar-refractivity contribution in [3.63, 3.8) is 0 Å². The van der Waals surface area contributed by atoms with Gasteiger partial charge in [-0.15, -0.1) is 12.4 Å². The van der Waals surface area contributed by atoms with Crippen LogP contribution in [-0.4, -0.2) is 76.3 Å². The van der Waals surface area contributed by atoms with E-state index in [0.717, 1.165) is 17.7 Å². The highest BCUT2D eigenvalue weighted by Crippen LogP contribution is 2.27. The van der Waals surface area contributed by atoms with Crippen LogP contribution in [-0.2, 0) is 16.0 Å². The first kappa shape index (κ1) is 26.3. The number of hydrogen-bond acceptors (Lipinski definition) is 7. The summed E-state index contributed by atoms with van der Waals surface area (Å²) in [6.45, 7) is 1.30. The van der Waals surface area contributed by atoms with Crippen molar-refractivity contribution in [2.45, 2.75) is 25.0 Å². The number of nitrogens with one attached hydrogen (secondary N) is 1. The number of halogens is 1. The number of aromatic amines is 1. The van der Waals surface area contributed by atoms with Crippen LogP contribution < -0.4 is 10.5 Å². The molecule has 2 heterocycles. The maximum Gasteiger partial charge on any atom is 0.417 e. The fraction of sp³-hybridized carbons (Fsp3) is 0.375. The third-order valence-corrected chi connectivity index (χ3v) is 5.98. The van der Waals surface area contributed by atoms with Gasteiger partial charge >= 0.3 is 11.7 Å². The molecule has 0 unspecified atom stereocenters. The Morgan fingerprint density at radius 1 is 1.29 bits per heavy atom. The molecule has 1 aliphatic rings. The summed E-state index contributed by atoms with van der Waals surface area (Å²) in [6, 6.07) is 11.8. The molecular weight excluding hydrogens is 478 g/mol. The second-order valence-corrected chi connectivity index (χ2v) is 8.50. The molecule has 4 rings (SSSR count). The fourth-order valence-electron chi connectivity index (χ4n) is 4.21. The number of rotatable bonds is 9. The maximum atomic E-state index is 13.3. The lowest BCUT2D eigenvalue weighted by Crippen LogP contribution is -2.39. The van der Waals surface area contributed by atoms with Crippen molar-refractivity contribution in [1.29, 1.82) is 0 Å². The number of likely N-dealkylation sites (N-methyl/N-ethyl adjacent to an activating group) is 1. The van der Waals surface area contributed by atoms with E-state index in [0.29, 0.717) is 36.4 Å². The van der Waals surface area contributed by atoms with Gasteiger partial charge in [0.1, 0.15) is 5.75 Å². The van der Waals surface area contributed by atoms with E-state index < -0.39 is 24.4 Å². The maximum absolute atomic E-state index is 13.3. The molecule has 1 saturated heterocycles. The number of aromatic nitrogens is 1. The molecule has 0 saturated carbocycles. The highest BCUT2D eigenvalue weighted by Gasteiger charge is 2.28. The van der Waals surface area contributed by atoms with Crippen molar-refractivity contribution in [2.75, 3.05) is 33.3 Å². The van der Waals surface area contributed by atoms with Gasteiger partial charge in [-0.25, -0.2) is 9.59 Å². The first-order valence-electron chi connectivity index (χ1n) is 11.0. The smallest absolute Gasteiger partial charge is 0.417 e. The second-order valence-electron chi connectivity index (χ2n) is 8.50. The number of aliphatic carboxylic acids is 1. The third-order valence-electron chi connectivity index (χ3n) is 5.98. The summed E-state index contributed by atoms with van der Waals surface area (Å²) in [6.07, 6.45) is 0.402. The SMILES string of the molecule is CN(C(=O)Cc1ccc2oc(=O)[nH]c2c1)[C@H](CN1CC[C@H](O)C1)c1cccc(OCC(=O)O)c1.Cl. The molecule has 3 aromatic rings. The van der Waals surface area contributed by atoms with E-state index in [-0.39, 0.29) is 30.8 Å². The van der Waals surface area contributed by atoms with Gasteiger partial charge in [-0.05, 0) is 41.8 Å². The van der Waals surface area contributed by atoms with Crippen molar-refractivity contribution in [1.82, 2.24) is 14.8 Å². The summed E-state index contributed by atoms with van der Waals surface area (Å²) in [4.78, 5) is 41.9. The van der Waals surface area contributed by atoms with Gasteiger partial charge < -0.3 is 24.3 Å². The fourth-order valence-corrected chi connectivity index (χ4v) is 4.21. The van der Waals surface area contributed by atoms with E-state index in [1.165, 1.54) is 0 Å². The molecule has 3 N–H and O–H groups in total. The minimum absolute atomic E-state index is 0. The van der Waals surface area contributed by atoms with Gasteiger partial charge in [-0.2, -0.15) is 0 Å². The zero-order valence-corrected chi connectivity index (χ0v) is 20.0. The van der Waals surface area contributed by atoms with Crippen LogP contribution >= 0.6 is 12.4 Å². The van der Waals surface area contributed by atoms with Crippen LogP contribution in [0.25, 0.3) is 11.1 Å². The Labute approximate surface area is 207 Å². The molecule has 1 fully saturated rings. The number of carboxylic acids is 1. The molecule has 1 aliphatic heterocycles. The number of β-amino-alcohol motifs (C(OH)–C–C–N with tert-alkyl or cyclic N) is 1. The van der Waals surface area contributed by atoms with Gasteiger partial charge in [0, 0.05) is 26.7 Å². The number of likely N-dealkylation sites (tertiary alicyclic amines) is 1. The molecule has 0 spiro atoms. The lowest BCUT2D eigenvalue weighted by atomic mass is 10.0. The number of carbonyl (C=O) groups excluding carboxylic acids is 1. The second kappa shape index (κ2) is 11.4. The summed E-state index contributed by atoms with van der Waals surface area (Å²) >= 11 is 0. The number of H-pyrrole nitrogens is 1. The van der Waals surface area contributed by atoms with Crippen LogP contribution in [0, 0.1) is 0 Å². The number of aliphatic hydroxyl groups excluding tert-OH is 1. The normalized spacial score (nSPS) is 16.6. The molecule has 1 amide bonds. The van der Waals surface area contributed by atoms with E-state index in [1.807, 2.05) is 6.07 Å². The average molecular weight is 506 g/mol. The lowest BCUT2D eigenvalue weighted by molar-refractivity contribution is -0.139. The number of benzene rings is 2. The molecule has 188 valence electrons. The number of oxazole rings is 1. The van der Waals surface area contributed by atoms with Gasteiger partial charge in [-0.3, -0.25) is 14.7 Å². The Bertz CT molecular complexity index is 1240. The number of ether oxygens (including phenoxy) is 1. The Morgan fingerprint density at radius 3 is 2.80 bits per heavy atom. The summed E-state index contributed by atoms with van der Waals surface area (Å²) in [5, 5.41) is 18.9.